The van der Waals surface area contributed by atoms with E-state index in [1.807, 2.05) is 68.4 Å². The third-order valence-electron chi connectivity index (χ3n) is 4.75. The molecule has 0 heterocycles. The Morgan fingerprint density at radius 3 is 2.33 bits per heavy atom. The third kappa shape index (κ3) is 5.23. The molecule has 4 heteroatoms. The molecule has 3 aromatic carbocycles. The van der Waals surface area contributed by atoms with Crippen molar-refractivity contribution in [2.45, 2.75) is 26.4 Å². The first kappa shape index (κ1) is 21.5. The molecule has 30 heavy (non-hydrogen) atoms. The Bertz CT molecular complexity index is 1030. The number of esters is 1. The summed E-state index contributed by atoms with van der Waals surface area (Å²) >= 11 is 5.98. The van der Waals surface area contributed by atoms with Gasteiger partial charge in [0.25, 0.3) is 0 Å². The van der Waals surface area contributed by atoms with Gasteiger partial charge in [-0.15, -0.1) is 6.42 Å². The molecule has 0 aliphatic rings. The van der Waals surface area contributed by atoms with Gasteiger partial charge in [-0.2, -0.15) is 0 Å². The van der Waals surface area contributed by atoms with Gasteiger partial charge in [0, 0.05) is 10.6 Å². The lowest BCUT2D eigenvalue weighted by Crippen LogP contribution is -2.21. The van der Waals surface area contributed by atoms with Gasteiger partial charge in [-0.05, 0) is 41.8 Å². The van der Waals surface area contributed by atoms with Gasteiger partial charge < -0.3 is 9.47 Å². The number of para-hydroxylation sites is 1. The molecule has 0 N–H and O–H groups in total. The lowest BCUT2D eigenvalue weighted by Gasteiger charge is -2.20. The van der Waals surface area contributed by atoms with Crippen molar-refractivity contribution in [1.29, 1.82) is 0 Å². The topological polar surface area (TPSA) is 35.5 Å². The highest BCUT2D eigenvalue weighted by atomic mass is 35.5. The van der Waals surface area contributed by atoms with Gasteiger partial charge in [0.1, 0.15) is 18.1 Å². The monoisotopic (exact) mass is 418 g/mol. The Kier molecular flexibility index (Phi) is 7.17. The fraction of sp³-hybridized carbons (Fsp3) is 0.192. The zero-order valence-electron chi connectivity index (χ0n) is 17.0. The van der Waals surface area contributed by atoms with Crippen molar-refractivity contribution in [1.82, 2.24) is 0 Å². The molecule has 1 atom stereocenters. The maximum Gasteiger partial charge on any atom is 0.314 e. The molecule has 0 aliphatic heterocycles. The number of ether oxygens (including phenoxy) is 2. The molecule has 0 radical (unpaired) electrons. The maximum atomic E-state index is 12.9. The highest BCUT2D eigenvalue weighted by molar-refractivity contribution is 6.30. The number of carbonyl (C=O) groups excluding carboxylic acids is 1. The summed E-state index contributed by atoms with van der Waals surface area (Å²) < 4.78 is 11.6. The summed E-state index contributed by atoms with van der Waals surface area (Å²) in [6.07, 6.45) is 5.74. The van der Waals surface area contributed by atoms with Crippen molar-refractivity contribution in [2.75, 3.05) is 0 Å². The molecule has 0 aromatic heterocycles. The zero-order valence-corrected chi connectivity index (χ0v) is 17.7. The van der Waals surface area contributed by atoms with Crippen LogP contribution in [0.25, 0.3) is 0 Å². The largest absolute Gasteiger partial charge is 0.460 e. The van der Waals surface area contributed by atoms with Gasteiger partial charge in [0.05, 0.1) is 11.5 Å². The van der Waals surface area contributed by atoms with Crippen LogP contribution in [0, 0.1) is 18.3 Å². The molecular weight excluding hydrogens is 396 g/mol. The quantitative estimate of drug-likeness (QED) is 0.320. The van der Waals surface area contributed by atoms with Crippen LogP contribution in [-0.2, 0) is 16.1 Å². The van der Waals surface area contributed by atoms with E-state index in [1.54, 1.807) is 18.2 Å². The van der Waals surface area contributed by atoms with Crippen LogP contribution in [0.3, 0.4) is 0 Å². The second-order valence-electron chi connectivity index (χ2n) is 7.23. The zero-order chi connectivity index (χ0) is 21.5. The van der Waals surface area contributed by atoms with Gasteiger partial charge in [-0.25, -0.2) is 0 Å². The van der Waals surface area contributed by atoms with E-state index in [-0.39, 0.29) is 24.4 Å². The average Bonchev–Trinajstić information content (AvgIpc) is 2.74. The molecule has 3 rings (SSSR count). The second-order valence-corrected chi connectivity index (χ2v) is 7.67. The summed E-state index contributed by atoms with van der Waals surface area (Å²) in [6.45, 7) is 4.05. The Labute approximate surface area is 182 Å². The fourth-order valence-electron chi connectivity index (χ4n) is 3.26. The van der Waals surface area contributed by atoms with Gasteiger partial charge in [-0.1, -0.05) is 73.8 Å². The van der Waals surface area contributed by atoms with Gasteiger partial charge in [0.15, 0.2) is 0 Å². The molecule has 0 amide bonds. The molecule has 0 saturated heterocycles. The molecule has 0 bridgehead atoms. The van der Waals surface area contributed by atoms with Crippen LogP contribution in [0.5, 0.6) is 11.5 Å². The molecule has 0 saturated carbocycles. The Morgan fingerprint density at radius 2 is 1.70 bits per heavy atom. The smallest absolute Gasteiger partial charge is 0.314 e. The summed E-state index contributed by atoms with van der Waals surface area (Å²) in [5, 5.41) is 0.628. The SMILES string of the molecule is C#Cc1c(COC(=O)C(c2ccc(Cl)cc2)C(C)C)cccc1Oc1ccccc1. The normalized spacial score (nSPS) is 11.6. The molecule has 0 spiro atoms. The number of hydrogen-bond donors (Lipinski definition) is 0. The van der Waals surface area contributed by atoms with E-state index in [9.17, 15) is 4.79 Å². The summed E-state index contributed by atoms with van der Waals surface area (Å²) in [5.41, 5.74) is 2.16. The Morgan fingerprint density at radius 1 is 1.00 bits per heavy atom. The minimum atomic E-state index is -0.389. The highest BCUT2D eigenvalue weighted by Gasteiger charge is 2.26. The predicted octanol–water partition coefficient (Wildman–Crippen LogP) is 6.60. The van der Waals surface area contributed by atoms with Crippen LogP contribution in [-0.4, -0.2) is 5.97 Å². The van der Waals surface area contributed by atoms with Gasteiger partial charge >= 0.3 is 5.97 Å². The van der Waals surface area contributed by atoms with Crippen LogP contribution in [0.15, 0.2) is 72.8 Å². The number of rotatable bonds is 7. The van der Waals surface area contributed by atoms with E-state index in [2.05, 4.69) is 5.92 Å². The van der Waals surface area contributed by atoms with E-state index in [0.29, 0.717) is 22.1 Å². The minimum Gasteiger partial charge on any atom is -0.460 e. The standard InChI is InChI=1S/C26H23ClO3/c1-4-23-20(9-8-12-24(23)30-22-10-6-5-7-11-22)17-29-26(28)25(18(2)3)19-13-15-21(27)16-14-19/h1,5-16,18,25H,17H2,2-3H3. The molecule has 152 valence electrons. The van der Waals surface area contributed by atoms with Crippen molar-refractivity contribution >= 4 is 17.6 Å². The molecule has 0 aliphatic carbocycles. The lowest BCUT2D eigenvalue weighted by atomic mass is 9.88. The van der Waals surface area contributed by atoms with Crippen LogP contribution in [0.4, 0.5) is 0 Å². The number of terminal acetylenes is 1. The molecule has 3 nitrogen and oxygen atoms in total. The third-order valence-corrected chi connectivity index (χ3v) is 5.00. The number of carbonyl (C=O) groups is 1. The number of hydrogen-bond acceptors (Lipinski definition) is 3. The second kappa shape index (κ2) is 10.0. The highest BCUT2D eigenvalue weighted by Crippen LogP contribution is 2.30. The fourth-order valence-corrected chi connectivity index (χ4v) is 3.39. The van der Waals surface area contributed by atoms with Crippen LogP contribution >= 0.6 is 11.6 Å². The first-order valence-corrected chi connectivity index (χ1v) is 10.1. The summed E-state index contributed by atoms with van der Waals surface area (Å²) in [7, 11) is 0. The molecular formula is C26H23ClO3. The van der Waals surface area contributed by atoms with E-state index in [4.69, 9.17) is 27.5 Å². The van der Waals surface area contributed by atoms with Crippen molar-refractivity contribution in [2.24, 2.45) is 5.92 Å². The number of benzene rings is 3. The van der Waals surface area contributed by atoms with Crippen molar-refractivity contribution in [3.8, 4) is 23.8 Å². The first-order valence-electron chi connectivity index (χ1n) is 9.73. The van der Waals surface area contributed by atoms with Crippen LogP contribution < -0.4 is 4.74 Å². The van der Waals surface area contributed by atoms with Crippen LogP contribution in [0.1, 0.15) is 36.5 Å². The van der Waals surface area contributed by atoms with Crippen molar-refractivity contribution in [3.63, 3.8) is 0 Å². The van der Waals surface area contributed by atoms with Crippen molar-refractivity contribution in [3.05, 3.63) is 94.5 Å². The number of halogens is 1. The molecule has 3 aromatic rings. The minimum absolute atomic E-state index is 0.0681. The summed E-state index contributed by atoms with van der Waals surface area (Å²) in [4.78, 5) is 12.9. The van der Waals surface area contributed by atoms with E-state index in [0.717, 1.165) is 11.1 Å². The van der Waals surface area contributed by atoms with Crippen LogP contribution in [0.2, 0.25) is 5.02 Å². The van der Waals surface area contributed by atoms with E-state index < -0.39 is 0 Å². The lowest BCUT2D eigenvalue weighted by molar-refractivity contribution is -0.148. The van der Waals surface area contributed by atoms with Gasteiger partial charge in [0.2, 0.25) is 0 Å². The van der Waals surface area contributed by atoms with E-state index >= 15 is 0 Å². The van der Waals surface area contributed by atoms with Gasteiger partial charge in [-0.3, -0.25) is 4.79 Å². The van der Waals surface area contributed by atoms with E-state index in [1.165, 1.54) is 0 Å². The maximum absolute atomic E-state index is 12.9. The Hall–Kier alpha value is -3.22. The molecule has 0 fully saturated rings. The molecule has 1 unspecified atom stereocenters. The first-order chi connectivity index (χ1) is 14.5. The van der Waals surface area contributed by atoms with Crippen molar-refractivity contribution < 1.29 is 14.3 Å². The average molecular weight is 419 g/mol. The Balaban J connectivity index is 1.77. The summed E-state index contributed by atoms with van der Waals surface area (Å²) in [5.74, 6) is 3.28. The summed E-state index contributed by atoms with van der Waals surface area (Å²) in [6, 6.07) is 22.1. The predicted molar refractivity (Wildman–Crippen MR) is 120 cm³/mol.